The Morgan fingerprint density at radius 3 is 2.12 bits per heavy atom. The largest absolute Gasteiger partial charge is 0.508 e. The second-order valence-corrected chi connectivity index (χ2v) is 3.79. The third-order valence-electron chi connectivity index (χ3n) is 1.91. The first kappa shape index (κ1) is 14.6. The van der Waals surface area contributed by atoms with Crippen molar-refractivity contribution >= 4 is 5.78 Å². The smallest absolute Gasteiger partial charge is 0.146 e. The first-order chi connectivity index (χ1) is 7.51. The maximum absolute atomic E-state index is 10.8. The lowest BCUT2D eigenvalue weighted by Gasteiger charge is -2.07. The lowest BCUT2D eigenvalue weighted by molar-refractivity contribution is -0.118. The van der Waals surface area contributed by atoms with Crippen molar-refractivity contribution in [1.29, 1.82) is 0 Å². The van der Waals surface area contributed by atoms with E-state index in [1.165, 1.54) is 13.3 Å². The number of rotatable bonds is 3. The normalized spacial score (nSPS) is 11.2. The second-order valence-electron chi connectivity index (χ2n) is 3.79. The van der Waals surface area contributed by atoms with Gasteiger partial charge in [0.2, 0.25) is 0 Å². The van der Waals surface area contributed by atoms with Crippen LogP contribution in [-0.2, 0) is 11.2 Å². The summed E-state index contributed by atoms with van der Waals surface area (Å²) in [6.07, 6.45) is 1.77. The molecule has 0 unspecified atom stereocenters. The van der Waals surface area contributed by atoms with E-state index in [1.54, 1.807) is 24.3 Å². The van der Waals surface area contributed by atoms with Gasteiger partial charge in [-0.05, 0) is 31.0 Å². The number of phenols is 1. The minimum atomic E-state index is -0.440. The van der Waals surface area contributed by atoms with E-state index >= 15 is 0 Å². The van der Waals surface area contributed by atoms with Crippen LogP contribution in [0.15, 0.2) is 24.3 Å². The van der Waals surface area contributed by atoms with Gasteiger partial charge >= 0.3 is 0 Å². The number of aromatic hydroxyl groups is 1. The summed E-state index contributed by atoms with van der Waals surface area (Å²) < 4.78 is 0. The van der Waals surface area contributed by atoms with E-state index < -0.39 is 6.04 Å². The fourth-order valence-corrected chi connectivity index (χ4v) is 1.03. The number of Topliss-reactive ketones (excluding diaryl/α,β-unsaturated/α-hetero) is 1. The predicted octanol–water partition coefficient (Wildman–Crippen LogP) is 2.27. The van der Waals surface area contributed by atoms with Crippen LogP contribution in [-0.4, -0.2) is 16.9 Å². The van der Waals surface area contributed by atoms with E-state index in [0.29, 0.717) is 6.42 Å². The van der Waals surface area contributed by atoms with Gasteiger partial charge in [0.1, 0.15) is 11.5 Å². The monoisotopic (exact) mass is 223 g/mol. The molecule has 16 heavy (non-hydrogen) atoms. The van der Waals surface area contributed by atoms with E-state index in [4.69, 9.17) is 10.8 Å². The van der Waals surface area contributed by atoms with E-state index in [9.17, 15) is 4.79 Å². The number of nitrogens with two attached hydrogens (primary N) is 1. The highest BCUT2D eigenvalue weighted by Crippen LogP contribution is 2.10. The molecule has 0 fully saturated rings. The Balaban J connectivity index is 0.000000673. The predicted molar refractivity (Wildman–Crippen MR) is 66.4 cm³/mol. The highest BCUT2D eigenvalue weighted by molar-refractivity contribution is 5.81. The summed E-state index contributed by atoms with van der Waals surface area (Å²) in [4.78, 5) is 10.8. The molecule has 3 heteroatoms. The highest BCUT2D eigenvalue weighted by Gasteiger charge is 2.08. The summed E-state index contributed by atoms with van der Waals surface area (Å²) in [5.41, 5.74) is 6.53. The summed E-state index contributed by atoms with van der Waals surface area (Å²) >= 11 is 0. The number of hydrogen-bond donors (Lipinski definition) is 2. The molecular formula is C13H21NO2. The van der Waals surface area contributed by atoms with Crippen molar-refractivity contribution in [3.05, 3.63) is 29.8 Å². The van der Waals surface area contributed by atoms with E-state index in [-0.39, 0.29) is 11.5 Å². The molecule has 0 bridgehead atoms. The number of carbonyl (C=O) groups excluding carboxylic acids is 1. The Morgan fingerprint density at radius 2 is 1.75 bits per heavy atom. The van der Waals surface area contributed by atoms with Crippen LogP contribution in [0.2, 0.25) is 0 Å². The number of benzene rings is 1. The molecule has 0 aliphatic heterocycles. The van der Waals surface area contributed by atoms with Crippen molar-refractivity contribution < 1.29 is 9.90 Å². The number of hydrogen-bond acceptors (Lipinski definition) is 3. The average molecular weight is 223 g/mol. The lowest BCUT2D eigenvalue weighted by atomic mass is 10.0. The van der Waals surface area contributed by atoms with Gasteiger partial charge in [0.25, 0.3) is 0 Å². The first-order valence-electron chi connectivity index (χ1n) is 5.55. The molecule has 3 nitrogen and oxygen atoms in total. The van der Waals surface area contributed by atoms with Crippen LogP contribution in [0.1, 0.15) is 32.8 Å². The molecule has 0 spiro atoms. The van der Waals surface area contributed by atoms with E-state index in [2.05, 4.69) is 13.8 Å². The van der Waals surface area contributed by atoms with Crippen molar-refractivity contribution in [3.8, 4) is 5.75 Å². The van der Waals surface area contributed by atoms with Gasteiger partial charge in [-0.15, -0.1) is 0 Å². The van der Waals surface area contributed by atoms with E-state index in [0.717, 1.165) is 5.56 Å². The molecule has 0 heterocycles. The molecular weight excluding hydrogens is 202 g/mol. The molecule has 0 amide bonds. The van der Waals surface area contributed by atoms with Crippen LogP contribution in [0, 0.1) is 0 Å². The number of ketones is 1. The van der Waals surface area contributed by atoms with Crippen molar-refractivity contribution in [2.75, 3.05) is 0 Å². The summed E-state index contributed by atoms with van der Waals surface area (Å²) in [6, 6.07) is 6.25. The Hall–Kier alpha value is -1.35. The van der Waals surface area contributed by atoms with Crippen LogP contribution in [0.25, 0.3) is 0 Å². The molecule has 1 aromatic carbocycles. The molecule has 0 radical (unpaired) electrons. The average Bonchev–Trinajstić information content (AvgIpc) is 2.22. The zero-order valence-corrected chi connectivity index (χ0v) is 10.2. The minimum Gasteiger partial charge on any atom is -0.508 e. The van der Waals surface area contributed by atoms with Crippen molar-refractivity contribution in [2.24, 2.45) is 5.73 Å². The maximum atomic E-state index is 10.8. The minimum absolute atomic E-state index is 0.0203. The van der Waals surface area contributed by atoms with Crippen LogP contribution in [0.3, 0.4) is 0 Å². The van der Waals surface area contributed by atoms with Crippen molar-refractivity contribution in [3.63, 3.8) is 0 Å². The third-order valence-corrected chi connectivity index (χ3v) is 1.91. The Bertz CT molecular complexity index is 306. The molecule has 1 atom stereocenters. The molecule has 0 saturated heterocycles. The fraction of sp³-hybridized carbons (Fsp3) is 0.462. The summed E-state index contributed by atoms with van der Waals surface area (Å²) in [6.45, 7) is 5.73. The topological polar surface area (TPSA) is 63.3 Å². The quantitative estimate of drug-likeness (QED) is 0.826. The molecule has 0 aliphatic carbocycles. The summed E-state index contributed by atoms with van der Waals surface area (Å²) in [7, 11) is 0. The van der Waals surface area contributed by atoms with Crippen molar-refractivity contribution in [1.82, 2.24) is 0 Å². The molecule has 0 saturated carbocycles. The van der Waals surface area contributed by atoms with Crippen LogP contribution < -0.4 is 5.73 Å². The van der Waals surface area contributed by atoms with Gasteiger partial charge in [0.15, 0.2) is 0 Å². The van der Waals surface area contributed by atoms with Gasteiger partial charge in [-0.25, -0.2) is 0 Å². The van der Waals surface area contributed by atoms with Crippen LogP contribution in [0.4, 0.5) is 0 Å². The summed E-state index contributed by atoms with van der Waals surface area (Å²) in [5.74, 6) is 0.202. The standard InChI is InChI=1S/C10H13NO2.C3H8/c1-7(12)10(11)6-8-2-4-9(13)5-3-8;1-3-2/h2-5,10,13H,6,11H2,1H3;3H2,1-2H3/t10-;/m0./s1. The lowest BCUT2D eigenvalue weighted by Crippen LogP contribution is -2.30. The molecule has 0 aromatic heterocycles. The number of carbonyl (C=O) groups is 1. The third kappa shape index (κ3) is 6.19. The van der Waals surface area contributed by atoms with Crippen LogP contribution in [0.5, 0.6) is 5.75 Å². The molecule has 0 aliphatic rings. The number of phenolic OH excluding ortho intramolecular Hbond substituents is 1. The zero-order valence-electron chi connectivity index (χ0n) is 10.2. The SMILES string of the molecule is CC(=O)[C@@H](N)Cc1ccc(O)cc1.CCC. The van der Waals surface area contributed by atoms with Gasteiger partial charge in [0, 0.05) is 0 Å². The molecule has 3 N–H and O–H groups in total. The Kier molecular flexibility index (Phi) is 7.21. The van der Waals surface area contributed by atoms with Crippen LogP contribution >= 0.6 is 0 Å². The molecule has 90 valence electrons. The Morgan fingerprint density at radius 1 is 1.31 bits per heavy atom. The highest BCUT2D eigenvalue weighted by atomic mass is 16.3. The van der Waals surface area contributed by atoms with Gasteiger partial charge < -0.3 is 10.8 Å². The fourth-order valence-electron chi connectivity index (χ4n) is 1.03. The molecule has 1 aromatic rings. The molecule has 1 rings (SSSR count). The zero-order chi connectivity index (χ0) is 12.6. The maximum Gasteiger partial charge on any atom is 0.146 e. The van der Waals surface area contributed by atoms with E-state index in [1.807, 2.05) is 0 Å². The van der Waals surface area contributed by atoms with Gasteiger partial charge in [-0.1, -0.05) is 32.4 Å². The first-order valence-corrected chi connectivity index (χ1v) is 5.55. The van der Waals surface area contributed by atoms with Gasteiger partial charge in [0.05, 0.1) is 6.04 Å². The van der Waals surface area contributed by atoms with Gasteiger partial charge in [-0.3, -0.25) is 4.79 Å². The van der Waals surface area contributed by atoms with Crippen molar-refractivity contribution in [2.45, 2.75) is 39.7 Å². The summed E-state index contributed by atoms with van der Waals surface area (Å²) in [5, 5.41) is 9.00. The second kappa shape index (κ2) is 7.88. The van der Waals surface area contributed by atoms with Gasteiger partial charge in [-0.2, -0.15) is 0 Å². The Labute approximate surface area is 97.3 Å².